The molecule has 3 heteroatoms. The molecule has 0 aromatic heterocycles. The molecule has 0 aliphatic carbocycles. The number of nitriles is 1. The van der Waals surface area contributed by atoms with Crippen molar-refractivity contribution >= 4 is 0 Å². The van der Waals surface area contributed by atoms with Gasteiger partial charge in [0.2, 0.25) is 0 Å². The summed E-state index contributed by atoms with van der Waals surface area (Å²) in [5, 5.41) is 10.1. The van der Waals surface area contributed by atoms with Gasteiger partial charge in [0, 0.05) is 12.0 Å². The highest BCUT2D eigenvalue weighted by Crippen LogP contribution is 2.47. The van der Waals surface area contributed by atoms with Gasteiger partial charge in [-0.25, -0.2) is 0 Å². The van der Waals surface area contributed by atoms with Crippen LogP contribution in [0.2, 0.25) is 0 Å². The maximum absolute atomic E-state index is 10.1. The van der Waals surface area contributed by atoms with Gasteiger partial charge in [-0.05, 0) is 45.8 Å². The molecule has 0 spiro atoms. The van der Waals surface area contributed by atoms with Crippen LogP contribution in [-0.2, 0) is 5.54 Å². The fourth-order valence-corrected chi connectivity index (χ4v) is 3.85. The molecule has 1 saturated heterocycles. The first kappa shape index (κ1) is 14.4. The number of para-hydroxylation sites is 1. The lowest BCUT2D eigenvalue weighted by molar-refractivity contribution is -0.000522. The molecule has 3 rings (SSSR count). The summed E-state index contributed by atoms with van der Waals surface area (Å²) in [6.07, 6.45) is 5.66. The van der Waals surface area contributed by atoms with E-state index in [9.17, 15) is 5.26 Å². The van der Waals surface area contributed by atoms with Crippen molar-refractivity contribution in [3.8, 4) is 11.8 Å². The molecule has 2 aliphatic heterocycles. The Balaban J connectivity index is 2.09. The lowest BCUT2D eigenvalue weighted by atomic mass is 9.77. The van der Waals surface area contributed by atoms with E-state index in [0.29, 0.717) is 0 Å². The van der Waals surface area contributed by atoms with Gasteiger partial charge in [-0.15, -0.1) is 0 Å². The topological polar surface area (TPSA) is 36.3 Å². The van der Waals surface area contributed by atoms with Crippen LogP contribution in [0.5, 0.6) is 5.75 Å². The standard InChI is InChI=1S/C18H24N2O/c1-17(2)13-18(14-19,20-11-7-3-4-8-12-20)15-9-5-6-10-16(15)21-17/h5-6,9-10H,3-4,7-8,11-13H2,1-2H3. The molecule has 1 fully saturated rings. The predicted molar refractivity (Wildman–Crippen MR) is 83.1 cm³/mol. The van der Waals surface area contributed by atoms with Gasteiger partial charge in [0.15, 0.2) is 0 Å². The fourth-order valence-electron chi connectivity index (χ4n) is 3.85. The number of ether oxygens (including phenoxy) is 1. The Labute approximate surface area is 127 Å². The van der Waals surface area contributed by atoms with Crippen molar-refractivity contribution in [2.75, 3.05) is 13.1 Å². The van der Waals surface area contributed by atoms with Gasteiger partial charge in [-0.2, -0.15) is 5.26 Å². The van der Waals surface area contributed by atoms with Crippen molar-refractivity contribution < 1.29 is 4.74 Å². The summed E-state index contributed by atoms with van der Waals surface area (Å²) < 4.78 is 6.12. The third-order valence-corrected chi connectivity index (χ3v) is 4.73. The number of hydrogen-bond donors (Lipinski definition) is 0. The molecule has 1 unspecified atom stereocenters. The average molecular weight is 284 g/mol. The molecule has 1 atom stereocenters. The number of benzene rings is 1. The molecule has 1 aromatic carbocycles. The van der Waals surface area contributed by atoms with Crippen molar-refractivity contribution in [3.63, 3.8) is 0 Å². The van der Waals surface area contributed by atoms with Crippen LogP contribution in [0.1, 0.15) is 51.5 Å². The minimum absolute atomic E-state index is 0.309. The summed E-state index contributed by atoms with van der Waals surface area (Å²) in [5.74, 6) is 0.875. The Bertz CT molecular complexity index is 553. The van der Waals surface area contributed by atoms with E-state index < -0.39 is 5.54 Å². The summed E-state index contributed by atoms with van der Waals surface area (Å²) in [7, 11) is 0. The average Bonchev–Trinajstić information content (AvgIpc) is 2.74. The Morgan fingerprint density at radius 2 is 1.76 bits per heavy atom. The van der Waals surface area contributed by atoms with Crippen LogP contribution >= 0.6 is 0 Å². The third kappa shape index (κ3) is 2.53. The Morgan fingerprint density at radius 1 is 1.10 bits per heavy atom. The normalized spacial score (nSPS) is 28.8. The van der Waals surface area contributed by atoms with E-state index in [0.717, 1.165) is 30.8 Å². The monoisotopic (exact) mass is 284 g/mol. The molecule has 3 nitrogen and oxygen atoms in total. The van der Waals surface area contributed by atoms with E-state index in [1.165, 1.54) is 25.7 Å². The van der Waals surface area contributed by atoms with Crippen LogP contribution in [0.4, 0.5) is 0 Å². The molecule has 0 saturated carbocycles. The van der Waals surface area contributed by atoms with Gasteiger partial charge in [0.25, 0.3) is 0 Å². The SMILES string of the molecule is CC1(C)CC(C#N)(N2CCCCCC2)c2ccccc2O1. The second-order valence-electron chi connectivity index (χ2n) is 6.91. The van der Waals surface area contributed by atoms with Crippen LogP contribution in [0.25, 0.3) is 0 Å². The zero-order valence-corrected chi connectivity index (χ0v) is 13.1. The minimum atomic E-state index is -0.539. The zero-order valence-electron chi connectivity index (χ0n) is 13.1. The number of nitrogens with zero attached hydrogens (tertiary/aromatic N) is 2. The van der Waals surface area contributed by atoms with Crippen LogP contribution in [-0.4, -0.2) is 23.6 Å². The third-order valence-electron chi connectivity index (χ3n) is 4.73. The second kappa shape index (κ2) is 5.35. The number of rotatable bonds is 1. The van der Waals surface area contributed by atoms with Crippen LogP contribution < -0.4 is 4.74 Å². The highest BCUT2D eigenvalue weighted by Gasteiger charge is 2.49. The first-order chi connectivity index (χ1) is 10.1. The minimum Gasteiger partial charge on any atom is -0.487 e. The highest BCUT2D eigenvalue weighted by atomic mass is 16.5. The maximum atomic E-state index is 10.1. The molecule has 0 N–H and O–H groups in total. The molecule has 2 heterocycles. The second-order valence-corrected chi connectivity index (χ2v) is 6.91. The van der Waals surface area contributed by atoms with Gasteiger partial charge in [-0.3, -0.25) is 4.90 Å². The van der Waals surface area contributed by atoms with Crippen molar-refractivity contribution in [1.82, 2.24) is 4.90 Å². The van der Waals surface area contributed by atoms with Gasteiger partial charge in [0.05, 0.1) is 6.07 Å². The van der Waals surface area contributed by atoms with Crippen molar-refractivity contribution in [1.29, 1.82) is 5.26 Å². The molecule has 1 aromatic rings. The zero-order chi connectivity index (χ0) is 14.9. The van der Waals surface area contributed by atoms with Gasteiger partial charge >= 0.3 is 0 Å². The summed E-state index contributed by atoms with van der Waals surface area (Å²) in [6, 6.07) is 10.8. The van der Waals surface area contributed by atoms with Crippen LogP contribution in [0, 0.1) is 11.3 Å². The van der Waals surface area contributed by atoms with E-state index in [1.807, 2.05) is 18.2 Å². The van der Waals surface area contributed by atoms with Gasteiger partial charge in [0.1, 0.15) is 16.9 Å². The lowest BCUT2D eigenvalue weighted by Crippen LogP contribution is -2.53. The van der Waals surface area contributed by atoms with E-state index in [-0.39, 0.29) is 5.60 Å². The van der Waals surface area contributed by atoms with E-state index in [4.69, 9.17) is 4.74 Å². The highest BCUT2D eigenvalue weighted by molar-refractivity contribution is 5.46. The molecule has 0 amide bonds. The Hall–Kier alpha value is -1.53. The molecule has 0 radical (unpaired) electrons. The quantitative estimate of drug-likeness (QED) is 0.786. The van der Waals surface area contributed by atoms with Gasteiger partial charge < -0.3 is 4.74 Å². The fraction of sp³-hybridized carbons (Fsp3) is 0.611. The number of fused-ring (bicyclic) bond motifs is 1. The Kier molecular flexibility index (Phi) is 3.67. The lowest BCUT2D eigenvalue weighted by Gasteiger charge is -2.47. The molecule has 112 valence electrons. The van der Waals surface area contributed by atoms with Crippen LogP contribution in [0.3, 0.4) is 0 Å². The summed E-state index contributed by atoms with van der Waals surface area (Å²) in [5.41, 5.74) is 0.202. The summed E-state index contributed by atoms with van der Waals surface area (Å²) in [4.78, 5) is 2.41. The van der Waals surface area contributed by atoms with E-state index in [1.54, 1.807) is 0 Å². The summed E-state index contributed by atoms with van der Waals surface area (Å²) >= 11 is 0. The first-order valence-corrected chi connectivity index (χ1v) is 8.02. The largest absolute Gasteiger partial charge is 0.487 e. The van der Waals surface area contributed by atoms with Crippen molar-refractivity contribution in [2.45, 2.75) is 57.1 Å². The van der Waals surface area contributed by atoms with Gasteiger partial charge in [-0.1, -0.05) is 31.0 Å². The number of likely N-dealkylation sites (tertiary alicyclic amines) is 1. The molecule has 2 aliphatic rings. The number of hydrogen-bond acceptors (Lipinski definition) is 3. The smallest absolute Gasteiger partial charge is 0.142 e. The molecule has 0 bridgehead atoms. The van der Waals surface area contributed by atoms with E-state index in [2.05, 4.69) is 30.9 Å². The maximum Gasteiger partial charge on any atom is 0.142 e. The van der Waals surface area contributed by atoms with Crippen LogP contribution in [0.15, 0.2) is 24.3 Å². The first-order valence-electron chi connectivity index (χ1n) is 8.02. The molecule has 21 heavy (non-hydrogen) atoms. The van der Waals surface area contributed by atoms with Crippen molar-refractivity contribution in [2.24, 2.45) is 0 Å². The van der Waals surface area contributed by atoms with Crippen molar-refractivity contribution in [3.05, 3.63) is 29.8 Å². The summed E-state index contributed by atoms with van der Waals surface area (Å²) in [6.45, 7) is 6.20. The van der Waals surface area contributed by atoms with E-state index >= 15 is 0 Å². The molecular weight excluding hydrogens is 260 g/mol. The predicted octanol–water partition coefficient (Wildman–Crippen LogP) is 3.84. The Morgan fingerprint density at radius 3 is 2.43 bits per heavy atom. The molecular formula is C18H24N2O.